The van der Waals surface area contributed by atoms with Gasteiger partial charge in [-0.1, -0.05) is 18.2 Å². The summed E-state index contributed by atoms with van der Waals surface area (Å²) in [4.78, 5) is 10.6. The second-order valence-corrected chi connectivity index (χ2v) is 3.94. The van der Waals surface area contributed by atoms with Gasteiger partial charge in [0.05, 0.1) is 13.5 Å². The topological polar surface area (TPSA) is 55.8 Å². The second-order valence-electron chi connectivity index (χ2n) is 3.94. The molecule has 98 valence electrons. The van der Waals surface area contributed by atoms with Gasteiger partial charge < -0.3 is 14.6 Å². The average Bonchev–Trinajstić information content (AvgIpc) is 2.30. The van der Waals surface area contributed by atoms with E-state index < -0.39 is 12.1 Å². The Morgan fingerprint density at radius 1 is 1.44 bits per heavy atom. The van der Waals surface area contributed by atoms with Gasteiger partial charge in [-0.2, -0.15) is 0 Å². The molecule has 0 bridgehead atoms. The molecule has 0 saturated heterocycles. The van der Waals surface area contributed by atoms with Gasteiger partial charge in [-0.15, -0.1) is 0 Å². The van der Waals surface area contributed by atoms with Gasteiger partial charge in [-0.25, -0.2) is 0 Å². The van der Waals surface area contributed by atoms with E-state index in [1.165, 1.54) is 0 Å². The number of hydrogen-bond acceptors (Lipinski definition) is 3. The lowest BCUT2D eigenvalue weighted by Gasteiger charge is -2.15. The number of methoxy groups -OCH3 is 1. The molecule has 1 aromatic carbocycles. The fourth-order valence-corrected chi connectivity index (χ4v) is 1.58. The number of carboxylic acids is 1. The van der Waals surface area contributed by atoms with Crippen LogP contribution in [0.3, 0.4) is 0 Å². The molecular weight excluding hydrogens is 232 g/mol. The number of rotatable bonds is 6. The lowest BCUT2D eigenvalue weighted by atomic mass is 10.2. The molecule has 0 fully saturated rings. The summed E-state index contributed by atoms with van der Waals surface area (Å²) in [6.45, 7) is 3.65. The number of benzene rings is 1. The SMILES string of the molecule is C/C=C/c1ccc(OC(C)CC(=O)O)c(OC)c1. The minimum Gasteiger partial charge on any atom is -0.493 e. The van der Waals surface area contributed by atoms with Gasteiger partial charge >= 0.3 is 5.97 Å². The van der Waals surface area contributed by atoms with Gasteiger partial charge in [0, 0.05) is 0 Å². The van der Waals surface area contributed by atoms with E-state index >= 15 is 0 Å². The maximum Gasteiger partial charge on any atom is 0.307 e. The van der Waals surface area contributed by atoms with Crippen LogP contribution in [0, 0.1) is 0 Å². The van der Waals surface area contributed by atoms with Crippen LogP contribution in [0.25, 0.3) is 6.08 Å². The lowest BCUT2D eigenvalue weighted by molar-refractivity contribution is -0.138. The Kier molecular flexibility index (Phi) is 5.24. The third kappa shape index (κ3) is 4.13. The number of hydrogen-bond donors (Lipinski definition) is 1. The molecule has 0 amide bonds. The van der Waals surface area contributed by atoms with Crippen LogP contribution >= 0.6 is 0 Å². The molecule has 0 heterocycles. The van der Waals surface area contributed by atoms with Gasteiger partial charge in [0.15, 0.2) is 11.5 Å². The summed E-state index contributed by atoms with van der Waals surface area (Å²) in [5.74, 6) is 0.273. The Labute approximate surface area is 107 Å². The molecule has 1 unspecified atom stereocenters. The van der Waals surface area contributed by atoms with Crippen LogP contribution < -0.4 is 9.47 Å². The maximum absolute atomic E-state index is 10.6. The average molecular weight is 250 g/mol. The van der Waals surface area contributed by atoms with E-state index in [0.29, 0.717) is 11.5 Å². The fourth-order valence-electron chi connectivity index (χ4n) is 1.58. The third-order valence-electron chi connectivity index (χ3n) is 2.34. The van der Waals surface area contributed by atoms with Crippen LogP contribution in [0.2, 0.25) is 0 Å². The molecule has 18 heavy (non-hydrogen) atoms. The highest BCUT2D eigenvalue weighted by molar-refractivity contribution is 5.67. The number of carboxylic acid groups (broad SMARTS) is 1. The van der Waals surface area contributed by atoms with E-state index in [1.54, 1.807) is 20.1 Å². The zero-order valence-electron chi connectivity index (χ0n) is 10.8. The normalized spacial score (nSPS) is 12.4. The molecule has 0 aliphatic rings. The Hall–Kier alpha value is -1.97. The first-order chi connectivity index (χ1) is 8.56. The summed E-state index contributed by atoms with van der Waals surface area (Å²) >= 11 is 0. The van der Waals surface area contributed by atoms with Crippen molar-refractivity contribution in [2.75, 3.05) is 7.11 Å². The zero-order valence-corrected chi connectivity index (χ0v) is 10.8. The Balaban J connectivity index is 2.85. The standard InChI is InChI=1S/C14H18O4/c1-4-5-11-6-7-12(13(9-11)17-3)18-10(2)8-14(15)16/h4-7,9-10H,8H2,1-3H3,(H,15,16)/b5-4+. The molecule has 0 aliphatic heterocycles. The molecule has 0 aromatic heterocycles. The van der Waals surface area contributed by atoms with Crippen LogP contribution in [0.15, 0.2) is 24.3 Å². The van der Waals surface area contributed by atoms with Crippen LogP contribution in [0.1, 0.15) is 25.8 Å². The van der Waals surface area contributed by atoms with Crippen molar-refractivity contribution < 1.29 is 19.4 Å². The second kappa shape index (κ2) is 6.69. The Morgan fingerprint density at radius 2 is 2.17 bits per heavy atom. The summed E-state index contributed by atoms with van der Waals surface area (Å²) in [7, 11) is 1.56. The molecule has 0 saturated carbocycles. The zero-order chi connectivity index (χ0) is 13.5. The quantitative estimate of drug-likeness (QED) is 0.843. The molecule has 1 aromatic rings. The third-order valence-corrected chi connectivity index (χ3v) is 2.34. The number of aliphatic carboxylic acids is 1. The summed E-state index contributed by atoms with van der Waals surface area (Å²) < 4.78 is 10.8. The van der Waals surface area contributed by atoms with Crippen molar-refractivity contribution in [1.82, 2.24) is 0 Å². The van der Waals surface area contributed by atoms with Crippen LogP contribution in [0.4, 0.5) is 0 Å². The minimum absolute atomic E-state index is 0.0419. The fraction of sp³-hybridized carbons (Fsp3) is 0.357. The van der Waals surface area contributed by atoms with Crippen molar-refractivity contribution >= 4 is 12.0 Å². The van der Waals surface area contributed by atoms with E-state index in [1.807, 2.05) is 31.2 Å². The molecule has 1 N–H and O–H groups in total. The molecule has 4 nitrogen and oxygen atoms in total. The van der Waals surface area contributed by atoms with Gasteiger partial charge in [-0.05, 0) is 31.5 Å². The first kappa shape index (κ1) is 14.1. The first-order valence-electron chi connectivity index (χ1n) is 5.76. The predicted molar refractivity (Wildman–Crippen MR) is 70.0 cm³/mol. The Bertz CT molecular complexity index is 437. The molecule has 0 spiro atoms. The van der Waals surface area contributed by atoms with E-state index in [9.17, 15) is 4.79 Å². The van der Waals surface area contributed by atoms with Gasteiger partial charge in [0.2, 0.25) is 0 Å². The van der Waals surface area contributed by atoms with Gasteiger partial charge in [-0.3, -0.25) is 4.79 Å². The molecule has 0 aliphatic carbocycles. The summed E-state index contributed by atoms with van der Waals surface area (Å²) in [6.07, 6.45) is 3.44. The van der Waals surface area contributed by atoms with Crippen LogP contribution in [-0.2, 0) is 4.79 Å². The highest BCUT2D eigenvalue weighted by Crippen LogP contribution is 2.29. The van der Waals surface area contributed by atoms with Crippen molar-refractivity contribution in [2.24, 2.45) is 0 Å². The largest absolute Gasteiger partial charge is 0.493 e. The summed E-state index contributed by atoms with van der Waals surface area (Å²) in [5, 5.41) is 8.68. The van der Waals surface area contributed by atoms with Crippen molar-refractivity contribution in [3.63, 3.8) is 0 Å². The molecule has 0 radical (unpaired) electrons. The van der Waals surface area contributed by atoms with Gasteiger partial charge in [0.25, 0.3) is 0 Å². The first-order valence-corrected chi connectivity index (χ1v) is 5.76. The van der Waals surface area contributed by atoms with E-state index in [4.69, 9.17) is 14.6 Å². The molecular formula is C14H18O4. The predicted octanol–water partition coefficient (Wildman–Crippen LogP) is 2.97. The van der Waals surface area contributed by atoms with Crippen molar-refractivity contribution in [1.29, 1.82) is 0 Å². The van der Waals surface area contributed by atoms with E-state index in [2.05, 4.69) is 0 Å². The number of ether oxygens (including phenoxy) is 2. The summed E-state index contributed by atoms with van der Waals surface area (Å²) in [6, 6.07) is 5.53. The maximum atomic E-state index is 10.6. The number of allylic oxidation sites excluding steroid dienone is 1. The van der Waals surface area contributed by atoms with Crippen LogP contribution in [0.5, 0.6) is 11.5 Å². The number of carbonyl (C=O) groups is 1. The molecule has 1 atom stereocenters. The van der Waals surface area contributed by atoms with Crippen molar-refractivity contribution in [3.8, 4) is 11.5 Å². The lowest BCUT2D eigenvalue weighted by Crippen LogP contribution is -2.16. The molecule has 4 heteroatoms. The highest BCUT2D eigenvalue weighted by atomic mass is 16.5. The van der Waals surface area contributed by atoms with E-state index in [-0.39, 0.29) is 6.42 Å². The van der Waals surface area contributed by atoms with Crippen LogP contribution in [-0.4, -0.2) is 24.3 Å². The van der Waals surface area contributed by atoms with Crippen molar-refractivity contribution in [3.05, 3.63) is 29.8 Å². The highest BCUT2D eigenvalue weighted by Gasteiger charge is 2.12. The monoisotopic (exact) mass is 250 g/mol. The van der Waals surface area contributed by atoms with Crippen molar-refractivity contribution in [2.45, 2.75) is 26.4 Å². The smallest absolute Gasteiger partial charge is 0.307 e. The Morgan fingerprint density at radius 3 is 2.72 bits per heavy atom. The molecule has 1 rings (SSSR count). The van der Waals surface area contributed by atoms with Gasteiger partial charge in [0.1, 0.15) is 6.10 Å². The minimum atomic E-state index is -0.882. The van der Waals surface area contributed by atoms with E-state index in [0.717, 1.165) is 5.56 Å². The summed E-state index contributed by atoms with van der Waals surface area (Å²) in [5.41, 5.74) is 1.01.